The smallest absolute Gasteiger partial charge is 0.272 e. The van der Waals surface area contributed by atoms with Gasteiger partial charge in [0.25, 0.3) is 5.91 Å². The normalized spacial score (nSPS) is 16.8. The third kappa shape index (κ3) is 3.58. The maximum Gasteiger partial charge on any atom is 0.272 e. The van der Waals surface area contributed by atoms with Crippen molar-refractivity contribution in [3.63, 3.8) is 0 Å². The molecule has 1 aliphatic rings. The second kappa shape index (κ2) is 6.56. The molecule has 1 aromatic rings. The summed E-state index contributed by atoms with van der Waals surface area (Å²) in [4.78, 5) is 20.4. The van der Waals surface area contributed by atoms with E-state index in [9.17, 15) is 4.79 Å². The number of rotatable bonds is 1. The summed E-state index contributed by atoms with van der Waals surface area (Å²) in [6.45, 7) is 3.49. The second-order valence-corrected chi connectivity index (χ2v) is 4.40. The number of pyridine rings is 1. The molecule has 1 fully saturated rings. The van der Waals surface area contributed by atoms with E-state index in [1.165, 1.54) is 0 Å². The lowest BCUT2D eigenvalue weighted by molar-refractivity contribution is 0.0757. The number of nitrogen functional groups attached to an aromatic ring is 1. The highest BCUT2D eigenvalue weighted by molar-refractivity contribution is 5.92. The number of nitrogens with two attached hydrogens (primary N) is 1. The Balaban J connectivity index is 0.00000162. The number of hydrogen-bond acceptors (Lipinski definition) is 4. The standard InChI is InChI=1S/C12H18N4O.ClH/c1-15-6-3-7-16(9-8-15)12(17)10-4-2-5-11(13)14-10;/h2,4-5H,3,6-9H2,1H3,(H2,13,14);1H. The van der Waals surface area contributed by atoms with E-state index < -0.39 is 0 Å². The zero-order chi connectivity index (χ0) is 12.3. The SMILES string of the molecule is CN1CCCN(C(=O)c2cccc(N)n2)CC1.Cl. The van der Waals surface area contributed by atoms with Gasteiger partial charge < -0.3 is 15.5 Å². The molecule has 0 unspecified atom stereocenters. The molecule has 1 amide bonds. The maximum atomic E-state index is 12.2. The fraction of sp³-hybridized carbons (Fsp3) is 0.500. The summed E-state index contributed by atoms with van der Waals surface area (Å²) in [6.07, 6.45) is 1.00. The first-order valence-corrected chi connectivity index (χ1v) is 5.87. The van der Waals surface area contributed by atoms with Crippen molar-refractivity contribution in [1.82, 2.24) is 14.8 Å². The van der Waals surface area contributed by atoms with E-state index in [1.807, 2.05) is 4.90 Å². The Hall–Kier alpha value is -1.33. The Morgan fingerprint density at radius 2 is 2.06 bits per heavy atom. The molecule has 6 heteroatoms. The third-order valence-corrected chi connectivity index (χ3v) is 3.00. The van der Waals surface area contributed by atoms with Crippen LogP contribution in [-0.4, -0.2) is 53.9 Å². The van der Waals surface area contributed by atoms with Gasteiger partial charge in [-0.25, -0.2) is 4.98 Å². The molecule has 2 rings (SSSR count). The summed E-state index contributed by atoms with van der Waals surface area (Å²) in [5.41, 5.74) is 6.03. The van der Waals surface area contributed by atoms with Crippen LogP contribution in [0.3, 0.4) is 0 Å². The summed E-state index contributed by atoms with van der Waals surface area (Å²) in [7, 11) is 2.08. The molecule has 0 bridgehead atoms. The van der Waals surface area contributed by atoms with Crippen molar-refractivity contribution in [1.29, 1.82) is 0 Å². The molecule has 0 radical (unpaired) electrons. The Kier molecular flexibility index (Phi) is 5.37. The molecule has 2 heterocycles. The first-order valence-electron chi connectivity index (χ1n) is 5.87. The van der Waals surface area contributed by atoms with Gasteiger partial charge in [0.2, 0.25) is 0 Å². The van der Waals surface area contributed by atoms with E-state index in [2.05, 4.69) is 16.9 Å². The first-order chi connectivity index (χ1) is 8.16. The Bertz CT molecular complexity index is 413. The Morgan fingerprint density at radius 1 is 1.28 bits per heavy atom. The second-order valence-electron chi connectivity index (χ2n) is 4.40. The van der Waals surface area contributed by atoms with Crippen LogP contribution in [0.5, 0.6) is 0 Å². The monoisotopic (exact) mass is 270 g/mol. The van der Waals surface area contributed by atoms with Crippen molar-refractivity contribution in [3.8, 4) is 0 Å². The van der Waals surface area contributed by atoms with E-state index in [-0.39, 0.29) is 18.3 Å². The number of aromatic nitrogens is 1. The summed E-state index contributed by atoms with van der Waals surface area (Å²) in [5, 5.41) is 0. The van der Waals surface area contributed by atoms with Gasteiger partial charge in [-0.15, -0.1) is 12.4 Å². The molecule has 1 aliphatic heterocycles. The molecule has 5 nitrogen and oxygen atoms in total. The maximum absolute atomic E-state index is 12.2. The summed E-state index contributed by atoms with van der Waals surface area (Å²) in [5.74, 6) is 0.371. The molecule has 2 N–H and O–H groups in total. The minimum atomic E-state index is -0.0207. The van der Waals surface area contributed by atoms with Crippen LogP contribution in [0.4, 0.5) is 5.82 Å². The van der Waals surface area contributed by atoms with Gasteiger partial charge in [0.1, 0.15) is 11.5 Å². The Labute approximate surface area is 113 Å². The molecule has 18 heavy (non-hydrogen) atoms. The van der Waals surface area contributed by atoms with E-state index in [0.717, 1.165) is 32.6 Å². The van der Waals surface area contributed by atoms with Gasteiger partial charge in [0, 0.05) is 19.6 Å². The quantitative estimate of drug-likeness (QED) is 0.822. The minimum absolute atomic E-state index is 0. The van der Waals surface area contributed by atoms with E-state index >= 15 is 0 Å². The number of likely N-dealkylation sites (N-methyl/N-ethyl adjacent to an activating group) is 1. The number of hydrogen-bond donors (Lipinski definition) is 1. The van der Waals surface area contributed by atoms with Crippen LogP contribution < -0.4 is 5.73 Å². The van der Waals surface area contributed by atoms with E-state index in [0.29, 0.717) is 11.5 Å². The van der Waals surface area contributed by atoms with Gasteiger partial charge >= 0.3 is 0 Å². The molecule has 0 aromatic carbocycles. The van der Waals surface area contributed by atoms with Gasteiger partial charge in [-0.2, -0.15) is 0 Å². The van der Waals surface area contributed by atoms with Crippen LogP contribution in [0.15, 0.2) is 18.2 Å². The molecule has 0 atom stereocenters. The van der Waals surface area contributed by atoms with Crippen molar-refractivity contribution in [2.24, 2.45) is 0 Å². The summed E-state index contributed by atoms with van der Waals surface area (Å²) >= 11 is 0. The molecular formula is C12H19ClN4O. The lowest BCUT2D eigenvalue weighted by atomic mass is 10.3. The zero-order valence-corrected chi connectivity index (χ0v) is 11.3. The molecule has 1 saturated heterocycles. The minimum Gasteiger partial charge on any atom is -0.384 e. The highest BCUT2D eigenvalue weighted by Crippen LogP contribution is 2.08. The first kappa shape index (κ1) is 14.7. The molecule has 0 aliphatic carbocycles. The summed E-state index contributed by atoms with van der Waals surface area (Å²) < 4.78 is 0. The van der Waals surface area contributed by atoms with Gasteiger partial charge in [-0.1, -0.05) is 6.07 Å². The molecular weight excluding hydrogens is 252 g/mol. The van der Waals surface area contributed by atoms with Crippen LogP contribution in [-0.2, 0) is 0 Å². The molecule has 1 aromatic heterocycles. The lowest BCUT2D eigenvalue weighted by Crippen LogP contribution is -2.35. The predicted molar refractivity (Wildman–Crippen MR) is 73.9 cm³/mol. The average molecular weight is 271 g/mol. The van der Waals surface area contributed by atoms with E-state index in [4.69, 9.17) is 5.73 Å². The number of carbonyl (C=O) groups is 1. The van der Waals surface area contributed by atoms with Crippen molar-refractivity contribution >= 4 is 24.1 Å². The summed E-state index contributed by atoms with van der Waals surface area (Å²) in [6, 6.07) is 5.17. The van der Waals surface area contributed by atoms with Gasteiger partial charge in [-0.3, -0.25) is 4.79 Å². The number of anilines is 1. The van der Waals surface area contributed by atoms with Gasteiger partial charge in [0.05, 0.1) is 0 Å². The fourth-order valence-corrected chi connectivity index (χ4v) is 1.98. The topological polar surface area (TPSA) is 62.5 Å². The van der Waals surface area contributed by atoms with Crippen molar-refractivity contribution in [3.05, 3.63) is 23.9 Å². The number of nitrogens with zero attached hydrogens (tertiary/aromatic N) is 3. The third-order valence-electron chi connectivity index (χ3n) is 3.00. The molecule has 0 spiro atoms. The zero-order valence-electron chi connectivity index (χ0n) is 10.5. The molecule has 100 valence electrons. The van der Waals surface area contributed by atoms with Crippen molar-refractivity contribution in [2.75, 3.05) is 39.0 Å². The van der Waals surface area contributed by atoms with Crippen LogP contribution in [0.2, 0.25) is 0 Å². The van der Waals surface area contributed by atoms with Crippen LogP contribution >= 0.6 is 12.4 Å². The number of amides is 1. The van der Waals surface area contributed by atoms with Gasteiger partial charge in [-0.05, 0) is 32.1 Å². The van der Waals surface area contributed by atoms with E-state index in [1.54, 1.807) is 18.2 Å². The molecule has 0 saturated carbocycles. The van der Waals surface area contributed by atoms with Crippen molar-refractivity contribution < 1.29 is 4.79 Å². The van der Waals surface area contributed by atoms with Crippen LogP contribution in [0.25, 0.3) is 0 Å². The van der Waals surface area contributed by atoms with Crippen molar-refractivity contribution in [2.45, 2.75) is 6.42 Å². The van der Waals surface area contributed by atoms with Crippen LogP contribution in [0, 0.1) is 0 Å². The number of carbonyl (C=O) groups excluding carboxylic acids is 1. The Morgan fingerprint density at radius 3 is 2.78 bits per heavy atom. The highest BCUT2D eigenvalue weighted by Gasteiger charge is 2.19. The number of halogens is 1. The lowest BCUT2D eigenvalue weighted by Gasteiger charge is -2.20. The average Bonchev–Trinajstić information content (AvgIpc) is 2.53. The largest absolute Gasteiger partial charge is 0.384 e. The van der Waals surface area contributed by atoms with Gasteiger partial charge in [0.15, 0.2) is 0 Å². The highest BCUT2D eigenvalue weighted by atomic mass is 35.5. The predicted octanol–water partition coefficient (Wildman–Crippen LogP) is 0.863. The fourth-order valence-electron chi connectivity index (χ4n) is 1.98. The van der Waals surface area contributed by atoms with Crippen LogP contribution in [0.1, 0.15) is 16.9 Å².